The molecule has 2 amide bonds. The van der Waals surface area contributed by atoms with Crippen molar-refractivity contribution in [3.63, 3.8) is 0 Å². The molecule has 29 heavy (non-hydrogen) atoms. The average Bonchev–Trinajstić information content (AvgIpc) is 2.74. The molecule has 0 bridgehead atoms. The highest BCUT2D eigenvalue weighted by Crippen LogP contribution is 2.19. The van der Waals surface area contributed by atoms with Gasteiger partial charge in [-0.2, -0.15) is 0 Å². The third-order valence-electron chi connectivity index (χ3n) is 5.21. The third kappa shape index (κ3) is 6.30. The first-order valence-electron chi connectivity index (χ1n) is 10.1. The molecule has 1 saturated heterocycles. The van der Waals surface area contributed by atoms with E-state index in [9.17, 15) is 9.59 Å². The molecule has 154 valence electrons. The van der Waals surface area contributed by atoms with Crippen molar-refractivity contribution >= 4 is 29.3 Å². The zero-order valence-electron chi connectivity index (χ0n) is 16.8. The average molecular weight is 413 g/mol. The molecule has 6 nitrogen and oxygen atoms in total. The second-order valence-corrected chi connectivity index (χ2v) is 8.52. The number of nitrogens with zero attached hydrogens (tertiary/aromatic N) is 2. The largest absolute Gasteiger partial charge is 0.369 e. The Bertz CT molecular complexity index is 833. The molecule has 2 heterocycles. The molecule has 1 aliphatic heterocycles. The monoisotopic (exact) mass is 412 g/mol. The molecule has 0 aliphatic carbocycles. The van der Waals surface area contributed by atoms with Crippen molar-refractivity contribution in [1.29, 1.82) is 0 Å². The standard InChI is InChI=1S/C22H28N4O2S/c1-2-29-20-15-18(7-11-24-20)22(28)25-19-5-3-16(4-6-19)8-12-26-13-9-17(10-14-26)21(23)27/h3-7,11,15,17H,2,8-10,12-14H2,1H3,(H2,23,27)(H,25,28). The highest BCUT2D eigenvalue weighted by Gasteiger charge is 2.22. The number of hydrogen-bond acceptors (Lipinski definition) is 5. The topological polar surface area (TPSA) is 88.3 Å². The molecule has 0 spiro atoms. The van der Waals surface area contributed by atoms with Crippen molar-refractivity contribution in [1.82, 2.24) is 9.88 Å². The summed E-state index contributed by atoms with van der Waals surface area (Å²) >= 11 is 1.62. The van der Waals surface area contributed by atoms with Gasteiger partial charge in [0.2, 0.25) is 5.91 Å². The summed E-state index contributed by atoms with van der Waals surface area (Å²) in [6, 6.07) is 11.5. The van der Waals surface area contributed by atoms with Gasteiger partial charge in [-0.1, -0.05) is 19.1 Å². The van der Waals surface area contributed by atoms with Crippen molar-refractivity contribution in [3.8, 4) is 0 Å². The van der Waals surface area contributed by atoms with E-state index in [1.54, 1.807) is 24.0 Å². The minimum absolute atomic E-state index is 0.0335. The van der Waals surface area contributed by atoms with Gasteiger partial charge in [-0.25, -0.2) is 4.98 Å². The highest BCUT2D eigenvalue weighted by molar-refractivity contribution is 7.99. The zero-order valence-corrected chi connectivity index (χ0v) is 17.6. The van der Waals surface area contributed by atoms with Gasteiger partial charge in [0.05, 0.1) is 5.03 Å². The van der Waals surface area contributed by atoms with E-state index >= 15 is 0 Å². The molecule has 0 unspecified atom stereocenters. The van der Waals surface area contributed by atoms with Crippen LogP contribution in [0.15, 0.2) is 47.6 Å². The zero-order chi connectivity index (χ0) is 20.6. The lowest BCUT2D eigenvalue weighted by molar-refractivity contribution is -0.123. The van der Waals surface area contributed by atoms with E-state index in [0.29, 0.717) is 5.56 Å². The first-order valence-corrected chi connectivity index (χ1v) is 11.0. The summed E-state index contributed by atoms with van der Waals surface area (Å²) in [5.41, 5.74) is 8.01. The number of likely N-dealkylation sites (tertiary alicyclic amines) is 1. The smallest absolute Gasteiger partial charge is 0.255 e. The summed E-state index contributed by atoms with van der Waals surface area (Å²) in [7, 11) is 0. The maximum Gasteiger partial charge on any atom is 0.255 e. The molecule has 0 atom stereocenters. The Morgan fingerprint density at radius 1 is 1.21 bits per heavy atom. The molecule has 0 radical (unpaired) electrons. The fraction of sp³-hybridized carbons (Fsp3) is 0.409. The molecule has 7 heteroatoms. The molecule has 1 aliphatic rings. The Labute approximate surface area is 176 Å². The van der Waals surface area contributed by atoms with E-state index in [2.05, 4.69) is 34.3 Å². The van der Waals surface area contributed by atoms with Crippen molar-refractivity contribution in [2.45, 2.75) is 31.2 Å². The number of carbonyl (C=O) groups is 2. The Hall–Kier alpha value is -2.38. The lowest BCUT2D eigenvalue weighted by atomic mass is 9.96. The first kappa shape index (κ1) is 21.3. The maximum absolute atomic E-state index is 12.5. The Kier molecular flexibility index (Phi) is 7.66. The summed E-state index contributed by atoms with van der Waals surface area (Å²) in [6.07, 6.45) is 4.32. The first-order chi connectivity index (χ1) is 14.0. The van der Waals surface area contributed by atoms with Crippen LogP contribution in [-0.4, -0.2) is 47.1 Å². The SMILES string of the molecule is CCSc1cc(C(=O)Nc2ccc(CCN3CCC(C(N)=O)CC3)cc2)ccn1. The highest BCUT2D eigenvalue weighted by atomic mass is 32.2. The van der Waals surface area contributed by atoms with Crippen LogP contribution in [0.1, 0.15) is 35.7 Å². The number of aromatic nitrogens is 1. The third-order valence-corrected chi connectivity index (χ3v) is 6.02. The molecular formula is C22H28N4O2S. The van der Waals surface area contributed by atoms with Crippen molar-refractivity contribution in [2.24, 2.45) is 11.7 Å². The van der Waals surface area contributed by atoms with E-state index in [4.69, 9.17) is 5.73 Å². The van der Waals surface area contributed by atoms with Crippen LogP contribution in [0.2, 0.25) is 0 Å². The fourth-order valence-corrected chi connectivity index (χ4v) is 4.11. The lowest BCUT2D eigenvalue weighted by Crippen LogP contribution is -2.39. The normalized spacial score (nSPS) is 15.2. The molecule has 0 saturated carbocycles. The van der Waals surface area contributed by atoms with Gasteiger partial charge in [0, 0.05) is 29.9 Å². The number of primary amides is 1. The molecule has 2 aromatic rings. The number of benzene rings is 1. The molecule has 3 N–H and O–H groups in total. The number of anilines is 1. The number of rotatable bonds is 8. The quantitative estimate of drug-likeness (QED) is 0.650. The van der Waals surface area contributed by atoms with Crippen LogP contribution in [0.25, 0.3) is 0 Å². The minimum Gasteiger partial charge on any atom is -0.369 e. The Morgan fingerprint density at radius 3 is 2.59 bits per heavy atom. The van der Waals surface area contributed by atoms with E-state index in [-0.39, 0.29) is 17.7 Å². The van der Waals surface area contributed by atoms with Gasteiger partial charge >= 0.3 is 0 Å². The minimum atomic E-state index is -0.172. The van der Waals surface area contributed by atoms with E-state index in [0.717, 1.165) is 55.4 Å². The van der Waals surface area contributed by atoms with Gasteiger partial charge in [0.25, 0.3) is 5.91 Å². The van der Waals surface area contributed by atoms with Crippen LogP contribution in [-0.2, 0) is 11.2 Å². The van der Waals surface area contributed by atoms with Crippen LogP contribution in [0.3, 0.4) is 0 Å². The Balaban J connectivity index is 1.48. The fourth-order valence-electron chi connectivity index (χ4n) is 3.46. The molecule has 3 rings (SSSR count). The number of amides is 2. The van der Waals surface area contributed by atoms with E-state index < -0.39 is 0 Å². The molecule has 1 aromatic heterocycles. The molecule has 1 fully saturated rings. The van der Waals surface area contributed by atoms with Gasteiger partial charge < -0.3 is 16.0 Å². The predicted molar refractivity (Wildman–Crippen MR) is 117 cm³/mol. The van der Waals surface area contributed by atoms with Gasteiger partial charge in [-0.3, -0.25) is 9.59 Å². The van der Waals surface area contributed by atoms with Gasteiger partial charge in [-0.15, -0.1) is 11.8 Å². The van der Waals surface area contributed by atoms with Crippen LogP contribution >= 0.6 is 11.8 Å². The van der Waals surface area contributed by atoms with Crippen LogP contribution in [0.4, 0.5) is 5.69 Å². The van der Waals surface area contributed by atoms with Crippen molar-refractivity contribution in [2.75, 3.05) is 30.7 Å². The summed E-state index contributed by atoms with van der Waals surface area (Å²) in [6.45, 7) is 4.87. The number of piperidine rings is 1. The summed E-state index contributed by atoms with van der Waals surface area (Å²) in [5, 5.41) is 3.80. The number of pyridine rings is 1. The van der Waals surface area contributed by atoms with Crippen LogP contribution in [0, 0.1) is 5.92 Å². The number of thioether (sulfide) groups is 1. The Morgan fingerprint density at radius 2 is 1.93 bits per heavy atom. The van der Waals surface area contributed by atoms with Gasteiger partial charge in [0.1, 0.15) is 0 Å². The van der Waals surface area contributed by atoms with Crippen LogP contribution in [0.5, 0.6) is 0 Å². The molecular weight excluding hydrogens is 384 g/mol. The molecule has 1 aromatic carbocycles. The summed E-state index contributed by atoms with van der Waals surface area (Å²) in [4.78, 5) is 30.4. The summed E-state index contributed by atoms with van der Waals surface area (Å²) in [5.74, 6) is 0.652. The number of hydrogen-bond donors (Lipinski definition) is 2. The van der Waals surface area contributed by atoms with Gasteiger partial charge in [0.15, 0.2) is 0 Å². The lowest BCUT2D eigenvalue weighted by Gasteiger charge is -2.30. The van der Waals surface area contributed by atoms with Crippen molar-refractivity contribution < 1.29 is 9.59 Å². The van der Waals surface area contributed by atoms with E-state index in [1.807, 2.05) is 18.2 Å². The predicted octanol–water partition coefficient (Wildman–Crippen LogP) is 3.19. The maximum atomic E-state index is 12.5. The number of nitrogens with one attached hydrogen (secondary N) is 1. The van der Waals surface area contributed by atoms with Gasteiger partial charge in [-0.05, 0) is 67.9 Å². The number of carbonyl (C=O) groups excluding carboxylic acids is 2. The second-order valence-electron chi connectivity index (χ2n) is 7.24. The van der Waals surface area contributed by atoms with Crippen molar-refractivity contribution in [3.05, 3.63) is 53.7 Å². The number of nitrogens with two attached hydrogens (primary N) is 1. The summed E-state index contributed by atoms with van der Waals surface area (Å²) < 4.78 is 0. The second kappa shape index (κ2) is 10.4. The van der Waals surface area contributed by atoms with Crippen LogP contribution < -0.4 is 11.1 Å². The van der Waals surface area contributed by atoms with E-state index in [1.165, 1.54) is 5.56 Å².